The third kappa shape index (κ3) is 4.08. The molecule has 0 saturated carbocycles. The molecule has 0 bridgehead atoms. The van der Waals surface area contributed by atoms with E-state index in [0.717, 1.165) is 22.9 Å². The molecular weight excluding hydrogens is 266 g/mol. The van der Waals surface area contributed by atoms with Crippen LogP contribution in [0.4, 0.5) is 5.69 Å². The van der Waals surface area contributed by atoms with Gasteiger partial charge in [0.2, 0.25) is 0 Å². The lowest BCUT2D eigenvalue weighted by atomic mass is 10.2. The van der Waals surface area contributed by atoms with Gasteiger partial charge in [-0.25, -0.2) is 0 Å². The van der Waals surface area contributed by atoms with Gasteiger partial charge in [0.1, 0.15) is 11.5 Å². The van der Waals surface area contributed by atoms with Crippen molar-refractivity contribution in [2.24, 2.45) is 0 Å². The van der Waals surface area contributed by atoms with Gasteiger partial charge in [0.05, 0.1) is 36.8 Å². The van der Waals surface area contributed by atoms with Crippen molar-refractivity contribution in [3.8, 4) is 11.5 Å². The first kappa shape index (κ1) is 15.1. The Balaban J connectivity index is 2.21. The number of benzene rings is 1. The van der Waals surface area contributed by atoms with Crippen LogP contribution in [0.25, 0.3) is 0 Å². The third-order valence-electron chi connectivity index (χ3n) is 2.96. The second-order valence-electron chi connectivity index (χ2n) is 4.52. The highest BCUT2D eigenvalue weighted by atomic mass is 16.5. The van der Waals surface area contributed by atoms with E-state index in [1.807, 2.05) is 39.0 Å². The van der Waals surface area contributed by atoms with Crippen molar-refractivity contribution < 1.29 is 9.47 Å². The molecule has 2 aromatic rings. The number of hydrogen-bond donors (Lipinski definition) is 1. The van der Waals surface area contributed by atoms with Gasteiger partial charge in [-0.1, -0.05) is 0 Å². The molecule has 1 heterocycles. The van der Waals surface area contributed by atoms with Crippen molar-refractivity contribution in [2.45, 2.75) is 26.8 Å². The highest BCUT2D eigenvalue weighted by Gasteiger charge is 2.11. The standard InChI is InChI=1S/C16H21N3O2/c1-4-20-13-6-7-16(21-5-2)14(10-13)19-12(3)15-11-17-8-9-18-15/h6-12,19H,4-5H2,1-3H3. The predicted octanol–water partition coefficient (Wildman–Crippen LogP) is 3.45. The summed E-state index contributed by atoms with van der Waals surface area (Å²) in [5.41, 5.74) is 1.77. The molecule has 5 heteroatoms. The van der Waals surface area contributed by atoms with Gasteiger partial charge in [-0.15, -0.1) is 0 Å². The summed E-state index contributed by atoms with van der Waals surface area (Å²) in [6, 6.07) is 5.80. The van der Waals surface area contributed by atoms with Crippen LogP contribution in [0.1, 0.15) is 32.5 Å². The Labute approximate surface area is 125 Å². The minimum atomic E-state index is 0.0229. The number of nitrogens with one attached hydrogen (secondary N) is 1. The topological polar surface area (TPSA) is 56.3 Å². The molecule has 0 radical (unpaired) electrons. The molecule has 5 nitrogen and oxygen atoms in total. The maximum Gasteiger partial charge on any atom is 0.142 e. The van der Waals surface area contributed by atoms with Crippen molar-refractivity contribution in [2.75, 3.05) is 18.5 Å². The highest BCUT2D eigenvalue weighted by Crippen LogP contribution is 2.31. The van der Waals surface area contributed by atoms with Crippen molar-refractivity contribution in [3.63, 3.8) is 0 Å². The van der Waals surface area contributed by atoms with E-state index < -0.39 is 0 Å². The first-order valence-electron chi connectivity index (χ1n) is 7.16. The van der Waals surface area contributed by atoms with Crippen LogP contribution in [0.3, 0.4) is 0 Å². The molecule has 0 spiro atoms. The zero-order chi connectivity index (χ0) is 15.1. The van der Waals surface area contributed by atoms with Crippen molar-refractivity contribution >= 4 is 5.69 Å². The Morgan fingerprint density at radius 2 is 1.95 bits per heavy atom. The molecule has 2 rings (SSSR count). The van der Waals surface area contributed by atoms with Crippen molar-refractivity contribution in [1.29, 1.82) is 0 Å². The van der Waals surface area contributed by atoms with Crippen molar-refractivity contribution in [3.05, 3.63) is 42.5 Å². The first-order valence-corrected chi connectivity index (χ1v) is 7.16. The van der Waals surface area contributed by atoms with Crippen LogP contribution < -0.4 is 14.8 Å². The summed E-state index contributed by atoms with van der Waals surface area (Å²) in [5.74, 6) is 1.62. The Morgan fingerprint density at radius 1 is 1.14 bits per heavy atom. The summed E-state index contributed by atoms with van der Waals surface area (Å²) in [4.78, 5) is 8.41. The van der Waals surface area contributed by atoms with Gasteiger partial charge >= 0.3 is 0 Å². The molecular formula is C16H21N3O2. The van der Waals surface area contributed by atoms with E-state index in [9.17, 15) is 0 Å². The molecule has 0 aliphatic heterocycles. The number of nitrogens with zero attached hydrogens (tertiary/aromatic N) is 2. The van der Waals surface area contributed by atoms with Crippen LogP contribution in [-0.2, 0) is 0 Å². The van der Waals surface area contributed by atoms with E-state index in [2.05, 4.69) is 15.3 Å². The fraction of sp³-hybridized carbons (Fsp3) is 0.375. The lowest BCUT2D eigenvalue weighted by Gasteiger charge is -2.18. The summed E-state index contributed by atoms with van der Waals surface area (Å²) in [5, 5.41) is 3.40. The maximum atomic E-state index is 5.65. The first-order chi connectivity index (χ1) is 10.2. The summed E-state index contributed by atoms with van der Waals surface area (Å²) in [6.45, 7) is 7.21. The number of hydrogen-bond acceptors (Lipinski definition) is 5. The van der Waals surface area contributed by atoms with Crippen LogP contribution in [0, 0.1) is 0 Å². The second kappa shape index (κ2) is 7.47. The van der Waals surface area contributed by atoms with Crippen molar-refractivity contribution in [1.82, 2.24) is 9.97 Å². The van der Waals surface area contributed by atoms with Gasteiger partial charge in [-0.2, -0.15) is 0 Å². The molecule has 1 aromatic carbocycles. The molecule has 0 fully saturated rings. The zero-order valence-corrected chi connectivity index (χ0v) is 12.7. The Hall–Kier alpha value is -2.30. The normalized spacial score (nSPS) is 11.8. The number of aromatic nitrogens is 2. The van der Waals surface area contributed by atoms with Crippen LogP contribution >= 0.6 is 0 Å². The SMILES string of the molecule is CCOc1ccc(OCC)c(NC(C)c2cnccn2)c1. The summed E-state index contributed by atoms with van der Waals surface area (Å²) in [6.07, 6.45) is 5.11. The number of anilines is 1. The van der Waals surface area contributed by atoms with Gasteiger partial charge in [0.15, 0.2) is 0 Å². The largest absolute Gasteiger partial charge is 0.494 e. The van der Waals surface area contributed by atoms with E-state index in [-0.39, 0.29) is 6.04 Å². The van der Waals surface area contributed by atoms with Crippen LogP contribution in [0.2, 0.25) is 0 Å². The van der Waals surface area contributed by atoms with E-state index in [4.69, 9.17) is 9.47 Å². The molecule has 1 atom stereocenters. The minimum absolute atomic E-state index is 0.0229. The molecule has 112 valence electrons. The molecule has 1 N–H and O–H groups in total. The predicted molar refractivity (Wildman–Crippen MR) is 82.8 cm³/mol. The van der Waals surface area contributed by atoms with Crippen LogP contribution in [-0.4, -0.2) is 23.2 Å². The van der Waals surface area contributed by atoms with Crippen LogP contribution in [0.15, 0.2) is 36.8 Å². The quantitative estimate of drug-likeness (QED) is 0.845. The Bertz CT molecular complexity index is 561. The molecule has 0 saturated heterocycles. The van der Waals surface area contributed by atoms with E-state index in [1.165, 1.54) is 0 Å². The highest BCUT2D eigenvalue weighted by molar-refractivity contribution is 5.60. The summed E-state index contributed by atoms with van der Waals surface area (Å²) >= 11 is 0. The monoisotopic (exact) mass is 287 g/mol. The van der Waals surface area contributed by atoms with E-state index >= 15 is 0 Å². The van der Waals surface area contributed by atoms with Gasteiger partial charge < -0.3 is 14.8 Å². The molecule has 1 aromatic heterocycles. The zero-order valence-electron chi connectivity index (χ0n) is 12.7. The smallest absolute Gasteiger partial charge is 0.142 e. The summed E-state index contributed by atoms with van der Waals surface area (Å²) in [7, 11) is 0. The average molecular weight is 287 g/mol. The van der Waals surface area contributed by atoms with Gasteiger partial charge in [-0.3, -0.25) is 9.97 Å². The molecule has 1 unspecified atom stereocenters. The van der Waals surface area contributed by atoms with Crippen LogP contribution in [0.5, 0.6) is 11.5 Å². The lowest BCUT2D eigenvalue weighted by Crippen LogP contribution is -2.10. The average Bonchev–Trinajstić information content (AvgIpc) is 2.51. The molecule has 21 heavy (non-hydrogen) atoms. The van der Waals surface area contributed by atoms with E-state index in [1.54, 1.807) is 18.6 Å². The second-order valence-corrected chi connectivity index (χ2v) is 4.52. The van der Waals surface area contributed by atoms with Gasteiger partial charge in [0.25, 0.3) is 0 Å². The van der Waals surface area contributed by atoms with E-state index in [0.29, 0.717) is 13.2 Å². The molecule has 0 aliphatic rings. The Morgan fingerprint density at radius 3 is 2.62 bits per heavy atom. The fourth-order valence-electron chi connectivity index (χ4n) is 2.00. The maximum absolute atomic E-state index is 5.65. The Kier molecular flexibility index (Phi) is 5.37. The number of rotatable bonds is 7. The molecule has 0 amide bonds. The lowest BCUT2D eigenvalue weighted by molar-refractivity contribution is 0.331. The number of ether oxygens (including phenoxy) is 2. The minimum Gasteiger partial charge on any atom is -0.494 e. The third-order valence-corrected chi connectivity index (χ3v) is 2.96. The van der Waals surface area contributed by atoms with Gasteiger partial charge in [-0.05, 0) is 32.9 Å². The fourth-order valence-corrected chi connectivity index (χ4v) is 2.00. The molecule has 0 aliphatic carbocycles. The summed E-state index contributed by atoms with van der Waals surface area (Å²) < 4.78 is 11.2. The van der Waals surface area contributed by atoms with Gasteiger partial charge in [0, 0.05) is 18.5 Å².